The molecule has 58 valence electrons. The summed E-state index contributed by atoms with van der Waals surface area (Å²) in [4.78, 5) is 10.9. The van der Waals surface area contributed by atoms with Crippen molar-refractivity contribution in [1.82, 2.24) is 0 Å². The Morgan fingerprint density at radius 1 is 1.40 bits per heavy atom. The van der Waals surface area contributed by atoms with Gasteiger partial charge in [-0.3, -0.25) is 4.79 Å². The molecule has 0 aromatic heterocycles. The average molecular weight is 141 g/mol. The zero-order valence-corrected chi connectivity index (χ0v) is 6.47. The summed E-state index contributed by atoms with van der Waals surface area (Å²) in [5.74, 6) is 0.431. The fourth-order valence-electron chi connectivity index (χ4n) is 1.66. The fourth-order valence-corrected chi connectivity index (χ4v) is 1.66. The van der Waals surface area contributed by atoms with Crippen LogP contribution in [0.25, 0.3) is 0 Å². The van der Waals surface area contributed by atoms with Crippen LogP contribution in [0, 0.1) is 5.92 Å². The van der Waals surface area contributed by atoms with E-state index in [2.05, 4.69) is 0 Å². The molecule has 0 radical (unpaired) electrons. The summed E-state index contributed by atoms with van der Waals surface area (Å²) in [7, 11) is 0. The Morgan fingerprint density at radius 3 is 2.40 bits per heavy atom. The van der Waals surface area contributed by atoms with E-state index in [0.717, 1.165) is 12.8 Å². The number of Topliss-reactive ketones (excluding diaryl/α,β-unsaturated/α-hetero) is 1. The van der Waals surface area contributed by atoms with Gasteiger partial charge in [0.25, 0.3) is 0 Å². The Morgan fingerprint density at radius 2 is 2.00 bits per heavy atom. The molecule has 0 aliphatic heterocycles. The third-order valence-corrected chi connectivity index (χ3v) is 2.34. The van der Waals surface area contributed by atoms with E-state index in [0.29, 0.717) is 0 Å². The van der Waals surface area contributed by atoms with E-state index >= 15 is 0 Å². The van der Waals surface area contributed by atoms with Gasteiger partial charge in [-0.25, -0.2) is 0 Å². The van der Waals surface area contributed by atoms with Crippen LogP contribution in [-0.4, -0.2) is 11.8 Å². The lowest BCUT2D eigenvalue weighted by Crippen LogP contribution is -2.36. The van der Waals surface area contributed by atoms with Crippen molar-refractivity contribution in [3.8, 4) is 0 Å². The van der Waals surface area contributed by atoms with Gasteiger partial charge in [0.15, 0.2) is 0 Å². The first-order valence-corrected chi connectivity index (χ1v) is 3.98. The van der Waals surface area contributed by atoms with E-state index in [1.807, 2.05) is 0 Å². The van der Waals surface area contributed by atoms with Gasteiger partial charge in [-0.2, -0.15) is 0 Å². The quantitative estimate of drug-likeness (QED) is 0.594. The van der Waals surface area contributed by atoms with E-state index < -0.39 is 0 Å². The van der Waals surface area contributed by atoms with Gasteiger partial charge in [-0.15, -0.1) is 0 Å². The van der Waals surface area contributed by atoms with E-state index in [-0.39, 0.29) is 17.7 Å². The Kier molecular flexibility index (Phi) is 2.44. The third-order valence-electron chi connectivity index (χ3n) is 2.34. The van der Waals surface area contributed by atoms with Gasteiger partial charge in [0.1, 0.15) is 5.78 Å². The van der Waals surface area contributed by atoms with Crippen molar-refractivity contribution >= 4 is 5.78 Å². The summed E-state index contributed by atoms with van der Waals surface area (Å²) in [6.45, 7) is 1.65. The number of carbonyl (C=O) groups excluding carboxylic acids is 1. The molecule has 1 saturated carbocycles. The van der Waals surface area contributed by atoms with E-state index in [1.165, 1.54) is 12.8 Å². The molecular weight excluding hydrogens is 126 g/mol. The molecule has 10 heavy (non-hydrogen) atoms. The van der Waals surface area contributed by atoms with Gasteiger partial charge in [0, 0.05) is 12.0 Å². The van der Waals surface area contributed by atoms with Gasteiger partial charge in [0.2, 0.25) is 0 Å². The van der Waals surface area contributed by atoms with Crippen molar-refractivity contribution in [2.45, 2.75) is 38.6 Å². The highest BCUT2D eigenvalue weighted by Gasteiger charge is 2.24. The van der Waals surface area contributed by atoms with Crippen molar-refractivity contribution in [1.29, 1.82) is 0 Å². The molecule has 0 spiro atoms. The molecule has 2 atom stereocenters. The molecule has 0 amide bonds. The normalized spacial score (nSPS) is 33.8. The Balaban J connectivity index is 2.47. The highest BCUT2D eigenvalue weighted by atomic mass is 16.1. The molecule has 0 aromatic carbocycles. The summed E-state index contributed by atoms with van der Waals surface area (Å²) in [5.41, 5.74) is 5.76. The average Bonchev–Trinajstić information content (AvgIpc) is 1.88. The highest BCUT2D eigenvalue weighted by molar-refractivity contribution is 5.79. The lowest BCUT2D eigenvalue weighted by Gasteiger charge is -2.25. The zero-order chi connectivity index (χ0) is 7.56. The van der Waals surface area contributed by atoms with Gasteiger partial charge in [-0.05, 0) is 19.8 Å². The summed E-state index contributed by atoms with van der Waals surface area (Å²) in [6.07, 6.45) is 4.42. The fraction of sp³-hybridized carbons (Fsp3) is 0.875. The number of carbonyl (C=O) groups is 1. The van der Waals surface area contributed by atoms with Crippen LogP contribution in [0.4, 0.5) is 0 Å². The second kappa shape index (κ2) is 3.15. The van der Waals surface area contributed by atoms with Crippen LogP contribution in [-0.2, 0) is 4.79 Å². The van der Waals surface area contributed by atoms with Crippen LogP contribution in [0.15, 0.2) is 0 Å². The number of rotatable bonds is 1. The van der Waals surface area contributed by atoms with Gasteiger partial charge >= 0.3 is 0 Å². The van der Waals surface area contributed by atoms with Gasteiger partial charge < -0.3 is 5.73 Å². The lowest BCUT2D eigenvalue weighted by atomic mass is 9.83. The van der Waals surface area contributed by atoms with E-state index in [4.69, 9.17) is 5.73 Å². The van der Waals surface area contributed by atoms with Crippen molar-refractivity contribution in [2.75, 3.05) is 0 Å². The van der Waals surface area contributed by atoms with Crippen LogP contribution in [0.3, 0.4) is 0 Å². The maximum atomic E-state index is 10.9. The molecule has 0 bridgehead atoms. The van der Waals surface area contributed by atoms with E-state index in [9.17, 15) is 4.79 Å². The number of hydrogen-bond acceptors (Lipinski definition) is 2. The first-order chi connectivity index (χ1) is 4.72. The van der Waals surface area contributed by atoms with E-state index in [1.54, 1.807) is 6.92 Å². The third kappa shape index (κ3) is 1.57. The Hall–Kier alpha value is -0.370. The number of ketones is 1. The van der Waals surface area contributed by atoms with Crippen LogP contribution in [0.2, 0.25) is 0 Å². The van der Waals surface area contributed by atoms with Crippen molar-refractivity contribution in [2.24, 2.45) is 11.7 Å². The predicted octanol–water partition coefficient (Wildman–Crippen LogP) is 1.09. The monoisotopic (exact) mass is 141 g/mol. The molecule has 2 N–H and O–H groups in total. The molecule has 0 saturated heterocycles. The summed E-state index contributed by atoms with van der Waals surface area (Å²) in [6, 6.07) is 0.145. The molecule has 1 aliphatic rings. The largest absolute Gasteiger partial charge is 0.327 e. The topological polar surface area (TPSA) is 43.1 Å². The smallest absolute Gasteiger partial charge is 0.134 e. The molecule has 0 unspecified atom stereocenters. The number of nitrogens with two attached hydrogens (primary N) is 1. The number of hydrogen-bond donors (Lipinski definition) is 1. The molecule has 1 fully saturated rings. The molecule has 2 nitrogen and oxygen atoms in total. The van der Waals surface area contributed by atoms with Gasteiger partial charge in [0.05, 0.1) is 0 Å². The second-order valence-electron chi connectivity index (χ2n) is 3.17. The zero-order valence-electron chi connectivity index (χ0n) is 6.47. The Labute approximate surface area is 61.8 Å². The minimum Gasteiger partial charge on any atom is -0.327 e. The lowest BCUT2D eigenvalue weighted by molar-refractivity contribution is -0.122. The second-order valence-corrected chi connectivity index (χ2v) is 3.17. The first kappa shape index (κ1) is 7.73. The first-order valence-electron chi connectivity index (χ1n) is 3.98. The summed E-state index contributed by atoms with van der Waals surface area (Å²) < 4.78 is 0. The summed E-state index contributed by atoms with van der Waals surface area (Å²) >= 11 is 0. The standard InChI is InChI=1S/C8H15NO/c1-6(10)7-4-2-3-5-8(7)9/h7-8H,2-5,9H2,1H3/t7-,8-/m0/s1. The van der Waals surface area contributed by atoms with Crippen LogP contribution < -0.4 is 5.73 Å². The van der Waals surface area contributed by atoms with Crippen molar-refractivity contribution < 1.29 is 4.79 Å². The minimum absolute atomic E-state index is 0.145. The molecule has 0 heterocycles. The van der Waals surface area contributed by atoms with Crippen LogP contribution in [0.1, 0.15) is 32.6 Å². The van der Waals surface area contributed by atoms with Crippen molar-refractivity contribution in [3.05, 3.63) is 0 Å². The van der Waals surface area contributed by atoms with Crippen LogP contribution >= 0.6 is 0 Å². The maximum Gasteiger partial charge on any atom is 0.134 e. The summed E-state index contributed by atoms with van der Waals surface area (Å²) in [5, 5.41) is 0. The Bertz CT molecular complexity index is 133. The molecule has 0 aromatic rings. The molecule has 2 heteroatoms. The maximum absolute atomic E-state index is 10.9. The van der Waals surface area contributed by atoms with Crippen LogP contribution in [0.5, 0.6) is 0 Å². The van der Waals surface area contributed by atoms with Crippen molar-refractivity contribution in [3.63, 3.8) is 0 Å². The minimum atomic E-state index is 0.145. The highest BCUT2D eigenvalue weighted by Crippen LogP contribution is 2.23. The predicted molar refractivity (Wildman–Crippen MR) is 40.6 cm³/mol. The molecule has 1 rings (SSSR count). The SMILES string of the molecule is CC(=O)[C@@H]1CCCC[C@@H]1N. The van der Waals surface area contributed by atoms with Gasteiger partial charge in [-0.1, -0.05) is 12.8 Å². The molecule has 1 aliphatic carbocycles. The molecular formula is C8H15NO.